The molecular formula is C14H22N2O8Y. The van der Waals surface area contributed by atoms with Crippen molar-refractivity contribution in [2.75, 3.05) is 26.2 Å². The molecule has 1 aliphatic carbocycles. The number of aliphatic carboxylic acids is 4. The van der Waals surface area contributed by atoms with Gasteiger partial charge in [-0.05, 0) is 12.8 Å². The number of carboxylic acid groups (broad SMARTS) is 4. The van der Waals surface area contributed by atoms with E-state index in [1.54, 1.807) is 0 Å². The van der Waals surface area contributed by atoms with Crippen LogP contribution in [0.3, 0.4) is 0 Å². The zero-order valence-corrected chi connectivity index (χ0v) is 16.5. The topological polar surface area (TPSA) is 156 Å². The zero-order valence-electron chi connectivity index (χ0n) is 13.7. The number of hydrogen-bond donors (Lipinski definition) is 4. The normalized spacial score (nSPS) is 20.1. The minimum absolute atomic E-state index is 0. The monoisotopic (exact) mass is 436 g/mol. The predicted octanol–water partition coefficient (Wildman–Crippen LogP) is -0.762. The molecule has 0 saturated heterocycles. The second kappa shape index (κ2) is 11.5. The quantitative estimate of drug-likeness (QED) is 0.343. The third-order valence-electron chi connectivity index (χ3n) is 3.99. The number of nitrogens with zero attached hydrogens (tertiary/aromatic N) is 2. The summed E-state index contributed by atoms with van der Waals surface area (Å²) in [6.07, 6.45) is 2.46. The predicted molar refractivity (Wildman–Crippen MR) is 79.7 cm³/mol. The molecule has 2 atom stereocenters. The maximum absolute atomic E-state index is 11.0. The molecule has 1 radical (unpaired) electrons. The fourth-order valence-electron chi connectivity index (χ4n) is 3.22. The van der Waals surface area contributed by atoms with Crippen LogP contribution >= 0.6 is 0 Å². The van der Waals surface area contributed by atoms with Crippen molar-refractivity contribution in [2.24, 2.45) is 0 Å². The standard InChI is InChI=1S/C14H22N2O8.Y/c17-11(18)5-15(6-12(19)20)9-3-1-2-4-10(9)16(7-13(21)22)8-14(23)24;/h9-10H,1-8H2,(H,17,18)(H,19,20)(H,21,22)(H,23,24);/i;1+1. The molecule has 2 unspecified atom stereocenters. The smallest absolute Gasteiger partial charge is 0.317 e. The molecule has 0 heterocycles. The minimum Gasteiger partial charge on any atom is -0.480 e. The Morgan fingerprint density at radius 1 is 0.640 bits per heavy atom. The first-order valence-electron chi connectivity index (χ1n) is 7.56. The molecule has 1 aliphatic rings. The van der Waals surface area contributed by atoms with E-state index >= 15 is 0 Å². The van der Waals surface area contributed by atoms with Gasteiger partial charge in [-0.2, -0.15) is 0 Å². The van der Waals surface area contributed by atoms with Crippen molar-refractivity contribution in [3.8, 4) is 0 Å². The third kappa shape index (κ3) is 8.71. The van der Waals surface area contributed by atoms with Gasteiger partial charge in [0.1, 0.15) is 0 Å². The van der Waals surface area contributed by atoms with Gasteiger partial charge in [0, 0.05) is 44.8 Å². The maximum atomic E-state index is 11.0. The second-order valence-corrected chi connectivity index (χ2v) is 5.80. The molecule has 4 N–H and O–H groups in total. The van der Waals surface area contributed by atoms with Gasteiger partial charge in [0.05, 0.1) is 26.2 Å². The fourth-order valence-corrected chi connectivity index (χ4v) is 3.22. The van der Waals surface area contributed by atoms with Gasteiger partial charge in [-0.25, -0.2) is 0 Å². The van der Waals surface area contributed by atoms with Crippen molar-refractivity contribution in [1.29, 1.82) is 0 Å². The van der Waals surface area contributed by atoms with Gasteiger partial charge in [0.15, 0.2) is 0 Å². The first-order valence-corrected chi connectivity index (χ1v) is 7.56. The first-order chi connectivity index (χ1) is 11.2. The van der Waals surface area contributed by atoms with Gasteiger partial charge in [-0.3, -0.25) is 29.0 Å². The van der Waals surface area contributed by atoms with Crippen LogP contribution in [0.5, 0.6) is 0 Å². The van der Waals surface area contributed by atoms with E-state index in [1.807, 2.05) is 0 Å². The molecular weight excluding hydrogens is 414 g/mol. The Hall–Kier alpha value is -1.10. The summed E-state index contributed by atoms with van der Waals surface area (Å²) in [6, 6.07) is -1.05. The van der Waals surface area contributed by atoms with Crippen molar-refractivity contribution in [3.63, 3.8) is 0 Å². The Morgan fingerprint density at radius 3 is 1.08 bits per heavy atom. The molecule has 0 amide bonds. The van der Waals surface area contributed by atoms with Gasteiger partial charge in [0.25, 0.3) is 0 Å². The summed E-state index contributed by atoms with van der Waals surface area (Å²) >= 11 is 0. The largest absolute Gasteiger partial charge is 0.480 e. The SMILES string of the molecule is O=C(O)CN(CC(=O)O)C1CCCCC1N(CC(=O)O)CC(=O)O.[90Y]. The van der Waals surface area contributed by atoms with E-state index in [9.17, 15) is 19.2 Å². The molecule has 0 bridgehead atoms. The molecule has 0 aromatic rings. The van der Waals surface area contributed by atoms with E-state index in [-0.39, 0.29) is 32.7 Å². The van der Waals surface area contributed by atoms with Gasteiger partial charge in [0.2, 0.25) is 0 Å². The molecule has 1 saturated carbocycles. The summed E-state index contributed by atoms with van der Waals surface area (Å²) in [5.74, 6) is -4.76. The van der Waals surface area contributed by atoms with E-state index in [1.165, 1.54) is 9.80 Å². The number of carboxylic acids is 4. The first kappa shape index (κ1) is 23.9. The summed E-state index contributed by atoms with van der Waals surface area (Å²) in [5, 5.41) is 36.0. The third-order valence-corrected chi connectivity index (χ3v) is 3.99. The number of carbonyl (C=O) groups is 4. The van der Waals surface area contributed by atoms with Crippen LogP contribution in [0.15, 0.2) is 0 Å². The van der Waals surface area contributed by atoms with E-state index in [0.717, 1.165) is 12.8 Å². The molecule has 0 aromatic heterocycles. The van der Waals surface area contributed by atoms with Crippen LogP contribution in [0.25, 0.3) is 0 Å². The summed E-state index contributed by atoms with van der Waals surface area (Å²) in [6.45, 7) is -1.99. The Kier molecular flexibility index (Phi) is 11.0. The summed E-state index contributed by atoms with van der Waals surface area (Å²) in [7, 11) is 0. The van der Waals surface area contributed by atoms with Crippen LogP contribution in [-0.4, -0.2) is 92.4 Å². The van der Waals surface area contributed by atoms with Crippen molar-refractivity contribution < 1.29 is 72.3 Å². The van der Waals surface area contributed by atoms with Gasteiger partial charge >= 0.3 is 23.9 Å². The molecule has 139 valence electrons. The van der Waals surface area contributed by atoms with Crippen LogP contribution in [0.4, 0.5) is 0 Å². The van der Waals surface area contributed by atoms with Crippen LogP contribution in [0, 0.1) is 0 Å². The summed E-state index contributed by atoms with van der Waals surface area (Å²) in [5.41, 5.74) is 0. The molecule has 11 heteroatoms. The second-order valence-electron chi connectivity index (χ2n) is 5.80. The van der Waals surface area contributed by atoms with Crippen LogP contribution < -0.4 is 0 Å². The molecule has 0 aliphatic heterocycles. The van der Waals surface area contributed by atoms with Crippen LogP contribution in [-0.2, 0) is 51.9 Å². The zero-order chi connectivity index (χ0) is 18.3. The van der Waals surface area contributed by atoms with Crippen molar-refractivity contribution in [3.05, 3.63) is 0 Å². The van der Waals surface area contributed by atoms with Crippen LogP contribution in [0.1, 0.15) is 25.7 Å². The Balaban J connectivity index is 0.00000576. The van der Waals surface area contributed by atoms with Crippen molar-refractivity contribution in [2.45, 2.75) is 37.8 Å². The Morgan fingerprint density at radius 2 is 0.880 bits per heavy atom. The maximum Gasteiger partial charge on any atom is 0.317 e. The van der Waals surface area contributed by atoms with E-state index < -0.39 is 62.1 Å². The number of rotatable bonds is 10. The average molecular weight is 436 g/mol. The minimum atomic E-state index is -1.19. The molecule has 25 heavy (non-hydrogen) atoms. The molecule has 1 fully saturated rings. The summed E-state index contributed by atoms with van der Waals surface area (Å²) in [4.78, 5) is 46.7. The van der Waals surface area contributed by atoms with E-state index in [0.29, 0.717) is 12.8 Å². The van der Waals surface area contributed by atoms with Crippen LogP contribution in [0.2, 0.25) is 0 Å². The Bertz CT molecular complexity index is 425. The molecule has 0 spiro atoms. The summed E-state index contributed by atoms with van der Waals surface area (Å²) < 4.78 is 0. The van der Waals surface area contributed by atoms with Gasteiger partial charge in [-0.15, -0.1) is 0 Å². The van der Waals surface area contributed by atoms with Crippen molar-refractivity contribution in [1.82, 2.24) is 9.80 Å². The van der Waals surface area contributed by atoms with E-state index in [4.69, 9.17) is 20.4 Å². The van der Waals surface area contributed by atoms with Gasteiger partial charge in [-0.1, -0.05) is 12.8 Å². The van der Waals surface area contributed by atoms with Gasteiger partial charge < -0.3 is 20.4 Å². The van der Waals surface area contributed by atoms with E-state index in [2.05, 4.69) is 0 Å². The molecule has 10 nitrogen and oxygen atoms in total. The number of hydrogen-bond acceptors (Lipinski definition) is 6. The fraction of sp³-hybridized carbons (Fsp3) is 0.714. The molecule has 1 rings (SSSR count). The molecule has 0 aromatic carbocycles. The Labute approximate surface area is 169 Å². The van der Waals surface area contributed by atoms with Crippen molar-refractivity contribution >= 4 is 23.9 Å². The average Bonchev–Trinajstić information content (AvgIpc) is 2.44.